The van der Waals surface area contributed by atoms with Crippen LogP contribution in [0, 0.1) is 0 Å². The molecule has 90 valence electrons. The van der Waals surface area contributed by atoms with E-state index in [1.165, 1.54) is 12.8 Å². The minimum Gasteiger partial charge on any atom is -0.313 e. The van der Waals surface area contributed by atoms with E-state index < -0.39 is 0 Å². The second-order valence-electron chi connectivity index (χ2n) is 3.90. The number of hydrogen-bond donors (Lipinski definition) is 1. The highest BCUT2D eigenvalue weighted by atomic mass is 32.2. The Morgan fingerprint density at radius 3 is 2.69 bits per heavy atom. The van der Waals surface area contributed by atoms with Gasteiger partial charge in [0, 0.05) is 24.0 Å². The first-order chi connectivity index (χ1) is 7.76. The summed E-state index contributed by atoms with van der Waals surface area (Å²) in [6, 6.07) is 2.60. The maximum absolute atomic E-state index is 4.21. The van der Waals surface area contributed by atoms with E-state index in [0.29, 0.717) is 11.3 Å². The minimum absolute atomic E-state index is 0.538. The Bertz CT molecular complexity index is 275. The van der Waals surface area contributed by atoms with Gasteiger partial charge in [0.05, 0.1) is 5.03 Å². The summed E-state index contributed by atoms with van der Waals surface area (Å²) in [6.07, 6.45) is 5.78. The van der Waals surface area contributed by atoms with E-state index in [1.807, 2.05) is 6.07 Å². The fourth-order valence-corrected chi connectivity index (χ4v) is 2.35. The van der Waals surface area contributed by atoms with Crippen molar-refractivity contribution in [2.45, 2.75) is 49.9 Å². The summed E-state index contributed by atoms with van der Waals surface area (Å²) in [4.78, 5) is 8.12. The Morgan fingerprint density at radius 1 is 1.38 bits per heavy atom. The zero-order chi connectivity index (χ0) is 11.8. The summed E-state index contributed by atoms with van der Waals surface area (Å²) in [7, 11) is 0. The molecule has 1 rings (SSSR count). The van der Waals surface area contributed by atoms with E-state index in [9.17, 15) is 0 Å². The number of rotatable bonds is 7. The molecule has 0 aromatic carbocycles. The van der Waals surface area contributed by atoms with Crippen LogP contribution in [-0.4, -0.2) is 27.8 Å². The maximum atomic E-state index is 4.21. The lowest BCUT2D eigenvalue weighted by molar-refractivity contribution is 0.488. The van der Waals surface area contributed by atoms with Gasteiger partial charge in [-0.2, -0.15) is 0 Å². The molecule has 1 heterocycles. The zero-order valence-corrected chi connectivity index (χ0v) is 11.1. The molecule has 0 aliphatic rings. The van der Waals surface area contributed by atoms with Crippen LogP contribution in [0.4, 0.5) is 0 Å². The Morgan fingerprint density at radius 2 is 2.12 bits per heavy atom. The summed E-state index contributed by atoms with van der Waals surface area (Å²) >= 11 is 1.79. The molecule has 3 nitrogen and oxygen atoms in total. The first-order valence-corrected chi connectivity index (χ1v) is 6.80. The van der Waals surface area contributed by atoms with Gasteiger partial charge >= 0.3 is 0 Å². The SMILES string of the molecule is CCC(CC)NCC(C)Sc1ccncn1. The topological polar surface area (TPSA) is 37.8 Å². The van der Waals surface area contributed by atoms with Gasteiger partial charge in [-0.05, 0) is 18.9 Å². The predicted molar refractivity (Wildman–Crippen MR) is 69.7 cm³/mol. The van der Waals surface area contributed by atoms with Crippen LogP contribution in [0.2, 0.25) is 0 Å². The molecule has 4 heteroatoms. The van der Waals surface area contributed by atoms with E-state index in [1.54, 1.807) is 24.3 Å². The van der Waals surface area contributed by atoms with Crippen molar-refractivity contribution in [3.8, 4) is 0 Å². The van der Waals surface area contributed by atoms with Crippen LogP contribution in [0.1, 0.15) is 33.6 Å². The van der Waals surface area contributed by atoms with E-state index in [-0.39, 0.29) is 0 Å². The highest BCUT2D eigenvalue weighted by molar-refractivity contribution is 7.99. The van der Waals surface area contributed by atoms with Crippen molar-refractivity contribution >= 4 is 11.8 Å². The molecule has 1 unspecified atom stereocenters. The van der Waals surface area contributed by atoms with Gasteiger partial charge in [0.15, 0.2) is 0 Å². The third-order valence-corrected chi connectivity index (χ3v) is 3.61. The molecular weight excluding hydrogens is 218 g/mol. The summed E-state index contributed by atoms with van der Waals surface area (Å²) in [5, 5.41) is 5.16. The van der Waals surface area contributed by atoms with E-state index in [2.05, 4.69) is 36.1 Å². The standard InChI is InChI=1S/C12H21N3S/c1-4-11(5-2)14-8-10(3)16-12-6-7-13-9-15-12/h6-7,9-11,14H,4-5,8H2,1-3H3. The number of aromatic nitrogens is 2. The van der Waals surface area contributed by atoms with Crippen LogP contribution in [0.5, 0.6) is 0 Å². The minimum atomic E-state index is 0.538. The molecule has 0 aliphatic carbocycles. The number of hydrogen-bond acceptors (Lipinski definition) is 4. The molecule has 0 amide bonds. The smallest absolute Gasteiger partial charge is 0.116 e. The van der Waals surface area contributed by atoms with Gasteiger partial charge in [0.1, 0.15) is 6.33 Å². The summed E-state index contributed by atoms with van der Waals surface area (Å²) < 4.78 is 0. The molecule has 16 heavy (non-hydrogen) atoms. The Labute approximate surface area is 102 Å². The van der Waals surface area contributed by atoms with E-state index >= 15 is 0 Å². The van der Waals surface area contributed by atoms with Crippen molar-refractivity contribution in [2.75, 3.05) is 6.54 Å². The number of thioether (sulfide) groups is 1. The Hall–Kier alpha value is -0.610. The molecule has 1 aromatic heterocycles. The normalized spacial score (nSPS) is 13.0. The highest BCUT2D eigenvalue weighted by Crippen LogP contribution is 2.19. The molecule has 1 N–H and O–H groups in total. The van der Waals surface area contributed by atoms with Crippen LogP contribution >= 0.6 is 11.8 Å². The quantitative estimate of drug-likeness (QED) is 0.586. The average Bonchev–Trinajstić information content (AvgIpc) is 2.31. The second kappa shape index (κ2) is 7.63. The van der Waals surface area contributed by atoms with Crippen molar-refractivity contribution in [3.05, 3.63) is 18.6 Å². The lowest BCUT2D eigenvalue weighted by Crippen LogP contribution is -2.32. The fraction of sp³-hybridized carbons (Fsp3) is 0.667. The summed E-state index contributed by atoms with van der Waals surface area (Å²) in [5.41, 5.74) is 0. The fourth-order valence-electron chi connectivity index (χ4n) is 1.51. The first-order valence-electron chi connectivity index (χ1n) is 5.92. The van der Waals surface area contributed by atoms with Crippen LogP contribution in [0.3, 0.4) is 0 Å². The Kier molecular flexibility index (Phi) is 6.42. The lowest BCUT2D eigenvalue weighted by atomic mass is 10.2. The molecule has 0 radical (unpaired) electrons. The lowest BCUT2D eigenvalue weighted by Gasteiger charge is -2.17. The van der Waals surface area contributed by atoms with Gasteiger partial charge in [-0.3, -0.25) is 0 Å². The zero-order valence-electron chi connectivity index (χ0n) is 10.3. The molecule has 1 aromatic rings. The van der Waals surface area contributed by atoms with Crippen molar-refractivity contribution in [1.29, 1.82) is 0 Å². The van der Waals surface area contributed by atoms with E-state index in [4.69, 9.17) is 0 Å². The number of nitrogens with zero attached hydrogens (tertiary/aromatic N) is 2. The maximum Gasteiger partial charge on any atom is 0.116 e. The summed E-state index contributed by atoms with van der Waals surface area (Å²) in [6.45, 7) is 7.70. The van der Waals surface area contributed by atoms with Gasteiger partial charge in [-0.25, -0.2) is 9.97 Å². The molecule has 0 aliphatic heterocycles. The molecule has 0 spiro atoms. The summed E-state index contributed by atoms with van der Waals surface area (Å²) in [5.74, 6) is 0. The van der Waals surface area contributed by atoms with Crippen LogP contribution in [0.15, 0.2) is 23.6 Å². The molecule has 0 fully saturated rings. The average molecular weight is 239 g/mol. The van der Waals surface area contributed by atoms with Gasteiger partial charge in [0.2, 0.25) is 0 Å². The van der Waals surface area contributed by atoms with E-state index in [0.717, 1.165) is 11.6 Å². The predicted octanol–water partition coefficient (Wildman–Crippen LogP) is 2.74. The molecule has 0 saturated heterocycles. The molecular formula is C12H21N3S. The second-order valence-corrected chi connectivity index (χ2v) is 5.36. The van der Waals surface area contributed by atoms with Gasteiger partial charge in [-0.1, -0.05) is 20.8 Å². The first kappa shape index (κ1) is 13.5. The van der Waals surface area contributed by atoms with Gasteiger partial charge in [-0.15, -0.1) is 11.8 Å². The van der Waals surface area contributed by atoms with Crippen LogP contribution in [-0.2, 0) is 0 Å². The Balaban J connectivity index is 2.28. The third-order valence-electron chi connectivity index (χ3n) is 2.56. The highest BCUT2D eigenvalue weighted by Gasteiger charge is 2.08. The monoisotopic (exact) mass is 239 g/mol. The van der Waals surface area contributed by atoms with Crippen LogP contribution in [0.25, 0.3) is 0 Å². The molecule has 0 bridgehead atoms. The molecule has 1 atom stereocenters. The van der Waals surface area contributed by atoms with Crippen molar-refractivity contribution in [2.24, 2.45) is 0 Å². The van der Waals surface area contributed by atoms with Crippen LogP contribution < -0.4 is 5.32 Å². The third kappa shape index (κ3) is 4.94. The van der Waals surface area contributed by atoms with Crippen molar-refractivity contribution < 1.29 is 0 Å². The molecule has 0 saturated carbocycles. The van der Waals surface area contributed by atoms with Gasteiger partial charge < -0.3 is 5.32 Å². The number of nitrogens with one attached hydrogen (secondary N) is 1. The van der Waals surface area contributed by atoms with Crippen molar-refractivity contribution in [3.63, 3.8) is 0 Å². The van der Waals surface area contributed by atoms with Crippen molar-refractivity contribution in [1.82, 2.24) is 15.3 Å². The largest absolute Gasteiger partial charge is 0.313 e. The van der Waals surface area contributed by atoms with Gasteiger partial charge in [0.25, 0.3) is 0 Å².